The molecular weight excluding hydrogens is 432 g/mol. The van der Waals surface area contributed by atoms with Crippen LogP contribution in [0.2, 0.25) is 0 Å². The first kappa shape index (κ1) is 19.5. The lowest BCUT2D eigenvalue weighted by Crippen LogP contribution is -2.21. The summed E-state index contributed by atoms with van der Waals surface area (Å²) in [5.41, 5.74) is 1.22. The molecule has 0 spiro atoms. The molecule has 0 N–H and O–H groups in total. The maximum atomic E-state index is 13.3. The van der Waals surface area contributed by atoms with E-state index in [1.54, 1.807) is 17.7 Å². The van der Waals surface area contributed by atoms with Crippen molar-refractivity contribution in [2.45, 2.75) is 10.9 Å². The largest absolute Gasteiger partial charge is 0.497 e. The van der Waals surface area contributed by atoms with Gasteiger partial charge in [0.1, 0.15) is 5.75 Å². The molecule has 0 fully saturated rings. The SMILES string of the molecule is COc1ccc(-n2c(SCc3noc(-c4cccs4)n3)nc3ccccc3c2=O)cc1. The number of methoxy groups -OCH3 is 1. The lowest BCUT2D eigenvalue weighted by molar-refractivity contribution is 0.414. The van der Waals surface area contributed by atoms with Crippen molar-refractivity contribution in [1.82, 2.24) is 19.7 Å². The summed E-state index contributed by atoms with van der Waals surface area (Å²) < 4.78 is 12.2. The van der Waals surface area contributed by atoms with Crippen LogP contribution in [-0.2, 0) is 5.75 Å². The predicted molar refractivity (Wildman–Crippen MR) is 121 cm³/mol. The first-order chi connectivity index (χ1) is 15.2. The molecule has 0 radical (unpaired) electrons. The average molecular weight is 449 g/mol. The summed E-state index contributed by atoms with van der Waals surface area (Å²) in [4.78, 5) is 23.4. The first-order valence-electron chi connectivity index (χ1n) is 9.38. The summed E-state index contributed by atoms with van der Waals surface area (Å²) in [6.45, 7) is 0. The monoisotopic (exact) mass is 448 g/mol. The highest BCUT2D eigenvalue weighted by molar-refractivity contribution is 7.98. The second-order valence-electron chi connectivity index (χ2n) is 6.53. The van der Waals surface area contributed by atoms with Crippen molar-refractivity contribution in [2.24, 2.45) is 0 Å². The zero-order valence-electron chi connectivity index (χ0n) is 16.4. The molecule has 0 aliphatic heterocycles. The lowest BCUT2D eigenvalue weighted by atomic mass is 10.2. The fourth-order valence-electron chi connectivity index (χ4n) is 3.11. The highest BCUT2D eigenvalue weighted by Gasteiger charge is 2.16. The van der Waals surface area contributed by atoms with Crippen molar-refractivity contribution in [3.05, 3.63) is 82.2 Å². The van der Waals surface area contributed by atoms with Gasteiger partial charge in [-0.15, -0.1) is 11.3 Å². The van der Waals surface area contributed by atoms with Crippen molar-refractivity contribution in [1.29, 1.82) is 0 Å². The Hall–Kier alpha value is -3.43. The van der Waals surface area contributed by atoms with Crippen LogP contribution in [0.3, 0.4) is 0 Å². The third kappa shape index (κ3) is 3.85. The second kappa shape index (κ2) is 8.37. The highest BCUT2D eigenvalue weighted by Crippen LogP contribution is 2.27. The molecule has 0 amide bonds. The predicted octanol–water partition coefficient (Wildman–Crippen LogP) is 4.80. The minimum absolute atomic E-state index is 0.134. The zero-order valence-corrected chi connectivity index (χ0v) is 18.0. The Bertz CT molecular complexity index is 1390. The third-order valence-corrected chi connectivity index (χ3v) is 6.40. The Labute approximate surface area is 185 Å². The molecule has 0 saturated carbocycles. The molecule has 0 atom stereocenters. The minimum atomic E-state index is -0.134. The van der Waals surface area contributed by atoms with E-state index in [9.17, 15) is 4.79 Å². The van der Waals surface area contributed by atoms with Crippen molar-refractivity contribution in [2.75, 3.05) is 7.11 Å². The number of ether oxygens (including phenoxy) is 1. The molecule has 2 aromatic carbocycles. The standard InChI is InChI=1S/C22H16N4O3S2/c1-28-15-10-8-14(9-11-15)26-21(27)16-5-2-3-6-17(16)23-22(26)31-13-19-24-20(29-25-19)18-7-4-12-30-18/h2-12H,13H2,1H3. The smallest absolute Gasteiger partial charge is 0.268 e. The van der Waals surface area contributed by atoms with E-state index >= 15 is 0 Å². The number of thioether (sulfide) groups is 1. The average Bonchev–Trinajstić information content (AvgIpc) is 3.50. The van der Waals surface area contributed by atoms with Crippen molar-refractivity contribution in [3.8, 4) is 22.2 Å². The molecule has 5 aromatic rings. The number of rotatable bonds is 6. The minimum Gasteiger partial charge on any atom is -0.497 e. The van der Waals surface area contributed by atoms with Gasteiger partial charge in [0, 0.05) is 0 Å². The van der Waals surface area contributed by atoms with E-state index in [4.69, 9.17) is 14.2 Å². The molecule has 0 aliphatic rings. The van der Waals surface area contributed by atoms with Crippen LogP contribution in [0.25, 0.3) is 27.4 Å². The number of para-hydroxylation sites is 1. The molecular formula is C22H16N4O3S2. The number of nitrogens with zero attached hydrogens (tertiary/aromatic N) is 4. The summed E-state index contributed by atoms with van der Waals surface area (Å²) in [6, 6.07) is 18.5. The third-order valence-electron chi connectivity index (χ3n) is 4.61. The van der Waals surface area contributed by atoms with Crippen LogP contribution in [0.4, 0.5) is 0 Å². The van der Waals surface area contributed by atoms with Crippen LogP contribution in [0.1, 0.15) is 5.82 Å². The van der Waals surface area contributed by atoms with E-state index in [0.717, 1.165) is 4.88 Å². The van der Waals surface area contributed by atoms with E-state index in [1.165, 1.54) is 23.1 Å². The summed E-state index contributed by atoms with van der Waals surface area (Å²) >= 11 is 2.92. The Morgan fingerprint density at radius 3 is 2.68 bits per heavy atom. The fraction of sp³-hybridized carbons (Fsp3) is 0.0909. The lowest BCUT2D eigenvalue weighted by Gasteiger charge is -2.13. The Balaban J connectivity index is 1.53. The molecule has 31 heavy (non-hydrogen) atoms. The molecule has 0 bridgehead atoms. The van der Waals surface area contributed by atoms with Gasteiger partial charge in [-0.1, -0.05) is 35.1 Å². The molecule has 7 nitrogen and oxygen atoms in total. The van der Waals surface area contributed by atoms with Gasteiger partial charge in [0.15, 0.2) is 11.0 Å². The van der Waals surface area contributed by atoms with E-state index in [2.05, 4.69) is 10.1 Å². The number of benzene rings is 2. The van der Waals surface area contributed by atoms with Gasteiger partial charge in [0.2, 0.25) is 0 Å². The Morgan fingerprint density at radius 1 is 1.06 bits per heavy atom. The van der Waals surface area contributed by atoms with E-state index in [0.29, 0.717) is 45.0 Å². The van der Waals surface area contributed by atoms with Gasteiger partial charge in [0.25, 0.3) is 11.4 Å². The highest BCUT2D eigenvalue weighted by atomic mass is 32.2. The second-order valence-corrected chi connectivity index (χ2v) is 8.42. The van der Waals surface area contributed by atoms with Crippen LogP contribution in [0.15, 0.2) is 80.5 Å². The Morgan fingerprint density at radius 2 is 1.90 bits per heavy atom. The number of thiophene rings is 1. The number of aromatic nitrogens is 4. The van der Waals surface area contributed by atoms with Crippen LogP contribution in [0.5, 0.6) is 5.75 Å². The molecule has 0 unspecified atom stereocenters. The van der Waals surface area contributed by atoms with Crippen LogP contribution in [-0.4, -0.2) is 26.8 Å². The molecule has 5 rings (SSSR count). The maximum Gasteiger partial charge on any atom is 0.268 e. The van der Waals surface area contributed by atoms with E-state index in [1.807, 2.05) is 60.0 Å². The first-order valence-corrected chi connectivity index (χ1v) is 11.2. The van der Waals surface area contributed by atoms with E-state index < -0.39 is 0 Å². The van der Waals surface area contributed by atoms with Crippen LogP contribution in [0, 0.1) is 0 Å². The van der Waals surface area contributed by atoms with Gasteiger partial charge in [-0.05, 0) is 47.8 Å². The van der Waals surface area contributed by atoms with Crippen molar-refractivity contribution < 1.29 is 9.26 Å². The molecule has 0 saturated heterocycles. The maximum absolute atomic E-state index is 13.3. The topological polar surface area (TPSA) is 83.0 Å². The van der Waals surface area contributed by atoms with Gasteiger partial charge in [-0.2, -0.15) is 4.98 Å². The summed E-state index contributed by atoms with van der Waals surface area (Å²) in [6.07, 6.45) is 0. The van der Waals surface area contributed by atoms with Crippen molar-refractivity contribution in [3.63, 3.8) is 0 Å². The van der Waals surface area contributed by atoms with Crippen LogP contribution < -0.4 is 10.3 Å². The zero-order chi connectivity index (χ0) is 21.2. The van der Waals surface area contributed by atoms with E-state index in [-0.39, 0.29) is 5.56 Å². The quantitative estimate of drug-likeness (QED) is 0.273. The molecule has 3 aromatic heterocycles. The number of hydrogen-bond acceptors (Lipinski definition) is 8. The Kier molecular flexibility index (Phi) is 5.27. The van der Waals surface area contributed by atoms with Gasteiger partial charge in [-0.3, -0.25) is 9.36 Å². The van der Waals surface area contributed by atoms with Gasteiger partial charge in [0.05, 0.1) is 34.3 Å². The molecule has 0 aliphatic carbocycles. The summed E-state index contributed by atoms with van der Waals surface area (Å²) in [7, 11) is 1.61. The molecule has 9 heteroatoms. The summed E-state index contributed by atoms with van der Waals surface area (Å²) in [5, 5.41) is 7.13. The van der Waals surface area contributed by atoms with Gasteiger partial charge < -0.3 is 9.26 Å². The summed E-state index contributed by atoms with van der Waals surface area (Å²) in [5.74, 6) is 2.16. The number of fused-ring (bicyclic) bond motifs is 1. The molecule has 3 heterocycles. The fourth-order valence-corrected chi connectivity index (χ4v) is 4.61. The van der Waals surface area contributed by atoms with Gasteiger partial charge >= 0.3 is 0 Å². The normalized spacial score (nSPS) is 11.1. The van der Waals surface area contributed by atoms with Gasteiger partial charge in [-0.25, -0.2) is 4.98 Å². The molecule has 154 valence electrons. The van der Waals surface area contributed by atoms with Crippen molar-refractivity contribution >= 4 is 34.0 Å². The number of hydrogen-bond donors (Lipinski definition) is 0. The van der Waals surface area contributed by atoms with Crippen LogP contribution >= 0.6 is 23.1 Å².